The molecule has 0 aromatic heterocycles. The van der Waals surface area contributed by atoms with Crippen molar-refractivity contribution in [3.05, 3.63) is 35.4 Å². The minimum Gasteiger partial charge on any atom is -0.382 e. The van der Waals surface area contributed by atoms with Gasteiger partial charge in [0.25, 0.3) is 0 Å². The molecule has 6 heteroatoms. The molecule has 0 aliphatic carbocycles. The van der Waals surface area contributed by atoms with Crippen LogP contribution in [0.5, 0.6) is 0 Å². The van der Waals surface area contributed by atoms with Gasteiger partial charge in [-0.3, -0.25) is 4.79 Å². The fourth-order valence-corrected chi connectivity index (χ4v) is 1.46. The number of carbonyl (C=O) groups excluding carboxylic acids is 1. The molecular weight excluding hydrogens is 256 g/mol. The van der Waals surface area contributed by atoms with Gasteiger partial charge in [0.1, 0.15) is 6.61 Å². The summed E-state index contributed by atoms with van der Waals surface area (Å²) in [5, 5.41) is 2.63. The lowest BCUT2D eigenvalue weighted by atomic mass is 10.1. The van der Waals surface area contributed by atoms with Gasteiger partial charge in [0, 0.05) is 7.11 Å². The van der Waals surface area contributed by atoms with Crippen molar-refractivity contribution in [2.45, 2.75) is 13.0 Å². The Hall–Kier alpha value is -1.53. The topological polar surface area (TPSA) is 47.6 Å². The number of carbonyl (C=O) groups is 1. The Balaban J connectivity index is 2.43. The van der Waals surface area contributed by atoms with Gasteiger partial charge >= 0.3 is 0 Å². The Morgan fingerprint density at radius 1 is 1.32 bits per heavy atom. The number of methoxy groups -OCH3 is 1. The Labute approximate surface area is 110 Å². The van der Waals surface area contributed by atoms with Crippen LogP contribution in [-0.2, 0) is 14.3 Å². The maximum absolute atomic E-state index is 13.0. The van der Waals surface area contributed by atoms with E-state index < -0.39 is 17.7 Å². The molecule has 19 heavy (non-hydrogen) atoms. The minimum absolute atomic E-state index is 0.0998. The van der Waals surface area contributed by atoms with Crippen molar-refractivity contribution in [2.75, 3.05) is 26.9 Å². The number of hydrogen-bond donors (Lipinski definition) is 1. The number of nitrogens with one attached hydrogen (secondary N) is 1. The number of rotatable bonds is 7. The molecule has 4 nitrogen and oxygen atoms in total. The number of hydrogen-bond acceptors (Lipinski definition) is 3. The molecule has 0 spiro atoms. The van der Waals surface area contributed by atoms with Crippen LogP contribution in [0, 0.1) is 11.6 Å². The molecule has 1 unspecified atom stereocenters. The molecule has 0 bridgehead atoms. The van der Waals surface area contributed by atoms with Crippen LogP contribution in [0.2, 0.25) is 0 Å². The van der Waals surface area contributed by atoms with Crippen LogP contribution in [0.4, 0.5) is 8.78 Å². The second kappa shape index (κ2) is 7.81. The van der Waals surface area contributed by atoms with Crippen molar-refractivity contribution >= 4 is 5.91 Å². The summed E-state index contributed by atoms with van der Waals surface area (Å²) in [5.41, 5.74) is 0.490. The minimum atomic E-state index is -0.935. The first-order valence-corrected chi connectivity index (χ1v) is 5.85. The third-order valence-electron chi connectivity index (χ3n) is 2.49. The average Bonchev–Trinajstić information content (AvgIpc) is 2.38. The smallest absolute Gasteiger partial charge is 0.246 e. The number of amides is 1. The molecular formula is C13H17F2NO3. The molecule has 0 aliphatic rings. The van der Waals surface area contributed by atoms with Gasteiger partial charge < -0.3 is 14.8 Å². The summed E-state index contributed by atoms with van der Waals surface area (Å²) >= 11 is 0. The predicted octanol–water partition coefficient (Wildman–Crippen LogP) is 1.80. The van der Waals surface area contributed by atoms with Crippen LogP contribution in [0.1, 0.15) is 18.5 Å². The second-order valence-corrected chi connectivity index (χ2v) is 4.01. The number of benzene rings is 1. The highest BCUT2D eigenvalue weighted by Gasteiger charge is 2.11. The summed E-state index contributed by atoms with van der Waals surface area (Å²) < 4.78 is 35.6. The first kappa shape index (κ1) is 15.5. The Bertz CT molecular complexity index is 426. The summed E-state index contributed by atoms with van der Waals surface area (Å²) in [5.74, 6) is -2.17. The highest BCUT2D eigenvalue weighted by atomic mass is 19.2. The Morgan fingerprint density at radius 3 is 2.68 bits per heavy atom. The van der Waals surface area contributed by atoms with Crippen LogP contribution in [0.15, 0.2) is 18.2 Å². The van der Waals surface area contributed by atoms with Crippen LogP contribution in [0.25, 0.3) is 0 Å². The summed E-state index contributed by atoms with van der Waals surface area (Å²) in [4.78, 5) is 11.5. The monoisotopic (exact) mass is 273 g/mol. The number of ether oxygens (including phenoxy) is 2. The Kier molecular flexibility index (Phi) is 6.38. The molecule has 1 aromatic rings. The molecule has 0 saturated heterocycles. The molecule has 0 aliphatic heterocycles. The molecule has 106 valence electrons. The van der Waals surface area contributed by atoms with E-state index in [1.165, 1.54) is 13.2 Å². The van der Waals surface area contributed by atoms with E-state index in [0.29, 0.717) is 18.8 Å². The van der Waals surface area contributed by atoms with E-state index in [1.54, 1.807) is 6.92 Å². The molecule has 0 fully saturated rings. The van der Waals surface area contributed by atoms with Crippen LogP contribution in [0.3, 0.4) is 0 Å². The van der Waals surface area contributed by atoms with Gasteiger partial charge in [0.15, 0.2) is 11.6 Å². The van der Waals surface area contributed by atoms with Gasteiger partial charge in [-0.05, 0) is 24.6 Å². The van der Waals surface area contributed by atoms with Crippen LogP contribution >= 0.6 is 0 Å². The van der Waals surface area contributed by atoms with E-state index in [4.69, 9.17) is 9.47 Å². The molecule has 0 saturated carbocycles. The van der Waals surface area contributed by atoms with E-state index in [1.807, 2.05) is 0 Å². The largest absolute Gasteiger partial charge is 0.382 e. The quantitative estimate of drug-likeness (QED) is 0.771. The fraction of sp³-hybridized carbons (Fsp3) is 0.462. The van der Waals surface area contributed by atoms with Gasteiger partial charge in [0.05, 0.1) is 19.3 Å². The lowest BCUT2D eigenvalue weighted by Gasteiger charge is -2.14. The standard InChI is InChI=1S/C13H17F2NO3/c1-9(10-3-4-11(14)12(15)7-10)16-13(17)8-19-6-5-18-2/h3-4,7,9H,5-6,8H2,1-2H3,(H,16,17). The van der Waals surface area contributed by atoms with Crippen molar-refractivity contribution in [1.29, 1.82) is 0 Å². The molecule has 1 rings (SSSR count). The highest BCUT2D eigenvalue weighted by molar-refractivity contribution is 5.77. The van der Waals surface area contributed by atoms with Gasteiger partial charge in [-0.1, -0.05) is 6.07 Å². The lowest BCUT2D eigenvalue weighted by Crippen LogP contribution is -2.30. The van der Waals surface area contributed by atoms with Gasteiger partial charge in [-0.25, -0.2) is 8.78 Å². The van der Waals surface area contributed by atoms with Crippen molar-refractivity contribution in [1.82, 2.24) is 5.32 Å². The van der Waals surface area contributed by atoms with E-state index in [-0.39, 0.29) is 12.5 Å². The van der Waals surface area contributed by atoms with Crippen LogP contribution < -0.4 is 5.32 Å². The molecule has 0 heterocycles. The van der Waals surface area contributed by atoms with Crippen molar-refractivity contribution < 1.29 is 23.0 Å². The zero-order valence-corrected chi connectivity index (χ0v) is 10.9. The fourth-order valence-electron chi connectivity index (χ4n) is 1.46. The molecule has 1 N–H and O–H groups in total. The zero-order chi connectivity index (χ0) is 14.3. The predicted molar refractivity (Wildman–Crippen MR) is 65.6 cm³/mol. The number of halogens is 2. The average molecular weight is 273 g/mol. The van der Waals surface area contributed by atoms with Gasteiger partial charge in [-0.2, -0.15) is 0 Å². The normalized spacial score (nSPS) is 12.2. The van der Waals surface area contributed by atoms with E-state index >= 15 is 0 Å². The molecule has 0 radical (unpaired) electrons. The SMILES string of the molecule is COCCOCC(=O)NC(C)c1ccc(F)c(F)c1. The molecule has 1 atom stereocenters. The van der Waals surface area contributed by atoms with Crippen molar-refractivity contribution in [2.24, 2.45) is 0 Å². The van der Waals surface area contributed by atoms with Crippen molar-refractivity contribution in [3.8, 4) is 0 Å². The van der Waals surface area contributed by atoms with Crippen molar-refractivity contribution in [3.63, 3.8) is 0 Å². The third-order valence-corrected chi connectivity index (χ3v) is 2.49. The van der Waals surface area contributed by atoms with E-state index in [0.717, 1.165) is 12.1 Å². The second-order valence-electron chi connectivity index (χ2n) is 4.01. The first-order chi connectivity index (χ1) is 9.04. The van der Waals surface area contributed by atoms with E-state index in [2.05, 4.69) is 5.32 Å². The Morgan fingerprint density at radius 2 is 2.05 bits per heavy atom. The maximum atomic E-state index is 13.0. The van der Waals surface area contributed by atoms with E-state index in [9.17, 15) is 13.6 Å². The maximum Gasteiger partial charge on any atom is 0.246 e. The first-order valence-electron chi connectivity index (χ1n) is 5.85. The van der Waals surface area contributed by atoms with Crippen LogP contribution in [-0.4, -0.2) is 32.8 Å². The van der Waals surface area contributed by atoms with Gasteiger partial charge in [0.2, 0.25) is 5.91 Å². The third kappa shape index (κ3) is 5.32. The zero-order valence-electron chi connectivity index (χ0n) is 10.9. The highest BCUT2D eigenvalue weighted by Crippen LogP contribution is 2.15. The molecule has 1 amide bonds. The lowest BCUT2D eigenvalue weighted by molar-refractivity contribution is -0.126. The summed E-state index contributed by atoms with van der Waals surface area (Å²) in [6, 6.07) is 3.09. The van der Waals surface area contributed by atoms with Gasteiger partial charge in [-0.15, -0.1) is 0 Å². The summed E-state index contributed by atoms with van der Waals surface area (Å²) in [6.07, 6.45) is 0. The summed E-state index contributed by atoms with van der Waals surface area (Å²) in [7, 11) is 1.54. The summed E-state index contributed by atoms with van der Waals surface area (Å²) in [6.45, 7) is 2.31. The molecule has 1 aromatic carbocycles.